The number of hydrogen-bond acceptors (Lipinski definition) is 6. The predicted molar refractivity (Wildman–Crippen MR) is 116 cm³/mol. The summed E-state index contributed by atoms with van der Waals surface area (Å²) < 4.78 is 5.43. The maximum atomic E-state index is 11.6. The highest BCUT2D eigenvalue weighted by Crippen LogP contribution is 2.27. The first-order chi connectivity index (χ1) is 14.7. The standard InChI is InChI=1S/C23H24N4O3/c1-2-30-21-9-8-17(16-19(21)22(28)29)20-10-11-24-23(25-20)27-14-12-26(13-15-27)18-6-4-3-5-7-18/h3-11,16H,2,12-15H2,1H3,(H,28,29). The van der Waals surface area contributed by atoms with E-state index in [0.717, 1.165) is 31.7 Å². The molecule has 2 aromatic carbocycles. The fourth-order valence-corrected chi connectivity index (χ4v) is 3.60. The van der Waals surface area contributed by atoms with Crippen LogP contribution in [0.25, 0.3) is 11.3 Å². The molecule has 0 unspecified atom stereocenters. The van der Waals surface area contributed by atoms with Crippen LogP contribution in [0, 0.1) is 0 Å². The molecule has 0 bridgehead atoms. The van der Waals surface area contributed by atoms with Crippen LogP contribution in [-0.4, -0.2) is 53.8 Å². The minimum atomic E-state index is -1.02. The molecule has 7 heteroatoms. The SMILES string of the molecule is CCOc1ccc(-c2ccnc(N3CCN(c4ccccc4)CC3)n2)cc1C(=O)O. The topological polar surface area (TPSA) is 78.8 Å². The average Bonchev–Trinajstić information content (AvgIpc) is 2.80. The van der Waals surface area contributed by atoms with E-state index in [0.29, 0.717) is 24.0 Å². The Morgan fingerprint density at radius 3 is 2.47 bits per heavy atom. The number of piperazine rings is 1. The molecule has 1 N–H and O–H groups in total. The van der Waals surface area contributed by atoms with Crippen LogP contribution in [0.5, 0.6) is 5.75 Å². The lowest BCUT2D eigenvalue weighted by Crippen LogP contribution is -2.47. The molecule has 4 rings (SSSR count). The van der Waals surface area contributed by atoms with Crippen molar-refractivity contribution in [3.8, 4) is 17.0 Å². The third-order valence-electron chi connectivity index (χ3n) is 5.13. The van der Waals surface area contributed by atoms with Crippen molar-refractivity contribution in [3.05, 3.63) is 66.4 Å². The summed E-state index contributed by atoms with van der Waals surface area (Å²) in [6, 6.07) is 17.3. The molecule has 0 saturated carbocycles. The van der Waals surface area contributed by atoms with E-state index in [4.69, 9.17) is 9.72 Å². The van der Waals surface area contributed by atoms with Crippen molar-refractivity contribution >= 4 is 17.6 Å². The van der Waals surface area contributed by atoms with E-state index in [1.165, 1.54) is 5.69 Å². The number of aromatic nitrogens is 2. The van der Waals surface area contributed by atoms with Gasteiger partial charge in [-0.15, -0.1) is 0 Å². The molecule has 0 radical (unpaired) electrons. The number of ether oxygens (including phenoxy) is 1. The second-order valence-corrected chi connectivity index (χ2v) is 7.00. The minimum Gasteiger partial charge on any atom is -0.493 e. The summed E-state index contributed by atoms with van der Waals surface area (Å²) >= 11 is 0. The Morgan fingerprint density at radius 1 is 1.03 bits per heavy atom. The number of benzene rings is 2. The van der Waals surface area contributed by atoms with E-state index in [2.05, 4.69) is 39.0 Å². The molecule has 30 heavy (non-hydrogen) atoms. The normalized spacial score (nSPS) is 13.9. The van der Waals surface area contributed by atoms with Gasteiger partial charge in [0.15, 0.2) is 0 Å². The highest BCUT2D eigenvalue weighted by molar-refractivity contribution is 5.92. The number of anilines is 2. The molecule has 3 aromatic rings. The molecule has 1 aromatic heterocycles. The van der Waals surface area contributed by atoms with Crippen LogP contribution >= 0.6 is 0 Å². The van der Waals surface area contributed by atoms with Gasteiger partial charge in [0.25, 0.3) is 0 Å². The van der Waals surface area contributed by atoms with Crippen molar-refractivity contribution < 1.29 is 14.6 Å². The first kappa shape index (κ1) is 19.7. The van der Waals surface area contributed by atoms with Gasteiger partial charge in [0.05, 0.1) is 12.3 Å². The van der Waals surface area contributed by atoms with Crippen LogP contribution in [0.1, 0.15) is 17.3 Å². The number of hydrogen-bond donors (Lipinski definition) is 1. The second-order valence-electron chi connectivity index (χ2n) is 7.00. The first-order valence-corrected chi connectivity index (χ1v) is 10.0. The zero-order valence-electron chi connectivity index (χ0n) is 16.9. The number of aromatic carboxylic acids is 1. The quantitative estimate of drug-likeness (QED) is 0.673. The maximum absolute atomic E-state index is 11.6. The smallest absolute Gasteiger partial charge is 0.339 e. The van der Waals surface area contributed by atoms with Gasteiger partial charge < -0.3 is 19.6 Å². The largest absolute Gasteiger partial charge is 0.493 e. The van der Waals surface area contributed by atoms with Crippen molar-refractivity contribution in [1.82, 2.24) is 9.97 Å². The summed E-state index contributed by atoms with van der Waals surface area (Å²) in [6.45, 7) is 5.66. The highest BCUT2D eigenvalue weighted by atomic mass is 16.5. The van der Waals surface area contributed by atoms with Crippen LogP contribution in [0.4, 0.5) is 11.6 Å². The van der Waals surface area contributed by atoms with E-state index < -0.39 is 5.97 Å². The summed E-state index contributed by atoms with van der Waals surface area (Å²) in [4.78, 5) is 25.3. The number of rotatable bonds is 6. The van der Waals surface area contributed by atoms with Gasteiger partial charge in [-0.3, -0.25) is 0 Å². The fraction of sp³-hybridized carbons (Fsp3) is 0.261. The summed E-state index contributed by atoms with van der Waals surface area (Å²) in [6.07, 6.45) is 1.72. The van der Waals surface area contributed by atoms with Gasteiger partial charge in [0, 0.05) is 43.6 Å². The van der Waals surface area contributed by atoms with E-state index in [1.807, 2.05) is 19.1 Å². The molecule has 154 valence electrons. The van der Waals surface area contributed by atoms with Gasteiger partial charge in [-0.25, -0.2) is 14.8 Å². The monoisotopic (exact) mass is 404 g/mol. The van der Waals surface area contributed by atoms with Crippen molar-refractivity contribution in [3.63, 3.8) is 0 Å². The lowest BCUT2D eigenvalue weighted by Gasteiger charge is -2.36. The first-order valence-electron chi connectivity index (χ1n) is 10.0. The van der Waals surface area contributed by atoms with Crippen LogP contribution in [0.2, 0.25) is 0 Å². The molecular formula is C23H24N4O3. The number of para-hydroxylation sites is 1. The molecule has 0 aliphatic carbocycles. The summed E-state index contributed by atoms with van der Waals surface area (Å²) in [5.41, 5.74) is 2.77. The maximum Gasteiger partial charge on any atom is 0.339 e. The highest BCUT2D eigenvalue weighted by Gasteiger charge is 2.20. The van der Waals surface area contributed by atoms with E-state index in [1.54, 1.807) is 24.4 Å². The Balaban J connectivity index is 1.52. The molecular weight excluding hydrogens is 380 g/mol. The fourth-order valence-electron chi connectivity index (χ4n) is 3.60. The van der Waals surface area contributed by atoms with Crippen molar-refractivity contribution in [1.29, 1.82) is 0 Å². The van der Waals surface area contributed by atoms with Crippen LogP contribution in [0.3, 0.4) is 0 Å². The third-order valence-corrected chi connectivity index (χ3v) is 5.13. The van der Waals surface area contributed by atoms with E-state index in [9.17, 15) is 9.90 Å². The van der Waals surface area contributed by atoms with Crippen molar-refractivity contribution in [2.75, 3.05) is 42.6 Å². The number of carboxylic acid groups (broad SMARTS) is 1. The average molecular weight is 404 g/mol. The Kier molecular flexibility index (Phi) is 5.79. The van der Waals surface area contributed by atoms with Gasteiger partial charge in [-0.05, 0) is 43.3 Å². The Bertz CT molecular complexity index is 1020. The Labute approximate surface area is 175 Å². The van der Waals surface area contributed by atoms with Gasteiger partial charge in [0.2, 0.25) is 5.95 Å². The third kappa shape index (κ3) is 4.20. The lowest BCUT2D eigenvalue weighted by atomic mass is 10.1. The van der Waals surface area contributed by atoms with Gasteiger partial charge >= 0.3 is 5.97 Å². The molecule has 0 spiro atoms. The number of carboxylic acids is 1. The summed E-state index contributed by atoms with van der Waals surface area (Å²) in [5, 5.41) is 9.52. The molecule has 1 aliphatic heterocycles. The molecule has 2 heterocycles. The van der Waals surface area contributed by atoms with Crippen LogP contribution < -0.4 is 14.5 Å². The molecule has 0 atom stereocenters. The lowest BCUT2D eigenvalue weighted by molar-refractivity contribution is 0.0692. The zero-order valence-corrected chi connectivity index (χ0v) is 16.9. The molecule has 7 nitrogen and oxygen atoms in total. The minimum absolute atomic E-state index is 0.131. The van der Waals surface area contributed by atoms with Crippen molar-refractivity contribution in [2.24, 2.45) is 0 Å². The zero-order chi connectivity index (χ0) is 20.9. The van der Waals surface area contributed by atoms with Gasteiger partial charge in [-0.1, -0.05) is 18.2 Å². The molecule has 1 aliphatic rings. The molecule has 1 saturated heterocycles. The van der Waals surface area contributed by atoms with E-state index >= 15 is 0 Å². The van der Waals surface area contributed by atoms with Crippen LogP contribution in [0.15, 0.2) is 60.8 Å². The van der Waals surface area contributed by atoms with Gasteiger partial charge in [0.1, 0.15) is 11.3 Å². The predicted octanol–water partition coefficient (Wildman–Crippen LogP) is 3.57. The van der Waals surface area contributed by atoms with Gasteiger partial charge in [-0.2, -0.15) is 0 Å². The Morgan fingerprint density at radius 2 is 1.77 bits per heavy atom. The summed E-state index contributed by atoms with van der Waals surface area (Å²) in [5.74, 6) is -0.00218. The molecule has 0 amide bonds. The molecule has 1 fully saturated rings. The Hall–Kier alpha value is -3.61. The number of carbonyl (C=O) groups is 1. The van der Waals surface area contributed by atoms with Crippen molar-refractivity contribution in [2.45, 2.75) is 6.92 Å². The van der Waals surface area contributed by atoms with E-state index in [-0.39, 0.29) is 5.56 Å². The number of nitrogens with zero attached hydrogens (tertiary/aromatic N) is 4. The second kappa shape index (κ2) is 8.82. The summed E-state index contributed by atoms with van der Waals surface area (Å²) in [7, 11) is 0. The van der Waals surface area contributed by atoms with Crippen LogP contribution in [-0.2, 0) is 0 Å².